The van der Waals surface area contributed by atoms with Gasteiger partial charge in [-0.1, -0.05) is 0 Å². The number of hydrogen-bond donors (Lipinski definition) is 0. The van der Waals surface area contributed by atoms with Crippen LogP contribution in [0.2, 0.25) is 0 Å². The molecular weight excluding hydrogens is 350 g/mol. The molecule has 1 aliphatic rings. The smallest absolute Gasteiger partial charge is 0.335 e. The number of hydroxylamine groups is 2. The van der Waals surface area contributed by atoms with Crippen LogP contribution in [0.3, 0.4) is 0 Å². The molecule has 2 amide bonds. The molecule has 0 radical (unpaired) electrons. The van der Waals surface area contributed by atoms with Gasteiger partial charge < -0.3 is 28.5 Å². The zero-order chi connectivity index (χ0) is 19.0. The summed E-state index contributed by atoms with van der Waals surface area (Å²) in [6.45, 7) is 3.81. The lowest BCUT2D eigenvalue weighted by atomic mass is 10.4. The Morgan fingerprint density at radius 2 is 1.19 bits per heavy atom. The Balaban J connectivity index is 1.82. The van der Waals surface area contributed by atoms with Crippen LogP contribution in [-0.4, -0.2) is 89.4 Å². The molecule has 1 saturated heterocycles. The van der Waals surface area contributed by atoms with Gasteiger partial charge in [0.05, 0.1) is 65.9 Å². The van der Waals surface area contributed by atoms with E-state index in [4.69, 9.17) is 28.5 Å². The summed E-state index contributed by atoms with van der Waals surface area (Å²) >= 11 is 0. The molecule has 0 unspecified atom stereocenters. The molecule has 0 aromatic rings. The number of carbonyl (C=O) groups is 3. The van der Waals surface area contributed by atoms with Crippen LogP contribution in [0.1, 0.15) is 19.3 Å². The van der Waals surface area contributed by atoms with Crippen LogP contribution in [-0.2, 0) is 42.9 Å². The van der Waals surface area contributed by atoms with Gasteiger partial charge in [0.25, 0.3) is 11.8 Å². The maximum absolute atomic E-state index is 11.5. The normalized spacial score (nSPS) is 14.3. The molecule has 10 heteroatoms. The molecular formula is C16H27NO9. The zero-order valence-electron chi connectivity index (χ0n) is 15.1. The average Bonchev–Trinajstić information content (AvgIpc) is 2.94. The highest BCUT2D eigenvalue weighted by atomic mass is 16.7. The summed E-state index contributed by atoms with van der Waals surface area (Å²) in [5.74, 6) is -1.68. The topological polar surface area (TPSA) is 110 Å². The van der Waals surface area contributed by atoms with Gasteiger partial charge in [0.2, 0.25) is 0 Å². The molecule has 0 aliphatic carbocycles. The highest BCUT2D eigenvalue weighted by Gasteiger charge is 2.32. The van der Waals surface area contributed by atoms with Crippen LogP contribution in [0, 0.1) is 0 Å². The van der Waals surface area contributed by atoms with Crippen molar-refractivity contribution in [2.24, 2.45) is 0 Å². The van der Waals surface area contributed by atoms with Gasteiger partial charge in [-0.3, -0.25) is 9.59 Å². The first kappa shape index (κ1) is 22.5. The second kappa shape index (κ2) is 14.6. The first-order chi connectivity index (χ1) is 12.6. The van der Waals surface area contributed by atoms with Gasteiger partial charge in [-0.2, -0.15) is 0 Å². The van der Waals surface area contributed by atoms with Gasteiger partial charge in [0, 0.05) is 20.0 Å². The predicted octanol–water partition coefficient (Wildman–Crippen LogP) is -0.303. The van der Waals surface area contributed by atoms with E-state index in [9.17, 15) is 14.4 Å². The van der Waals surface area contributed by atoms with Crippen molar-refractivity contribution in [3.8, 4) is 0 Å². The lowest BCUT2D eigenvalue weighted by Crippen LogP contribution is -2.32. The summed E-state index contributed by atoms with van der Waals surface area (Å²) in [5.41, 5.74) is 0. The Hall–Kier alpha value is -1.59. The fourth-order valence-corrected chi connectivity index (χ4v) is 1.86. The van der Waals surface area contributed by atoms with Crippen molar-refractivity contribution in [2.45, 2.75) is 19.3 Å². The summed E-state index contributed by atoms with van der Waals surface area (Å²) in [5, 5.41) is 0.522. The average molecular weight is 377 g/mol. The zero-order valence-corrected chi connectivity index (χ0v) is 15.1. The van der Waals surface area contributed by atoms with Crippen molar-refractivity contribution in [1.29, 1.82) is 0 Å². The quantitative estimate of drug-likeness (QED) is 0.264. The predicted molar refractivity (Wildman–Crippen MR) is 86.9 cm³/mol. The van der Waals surface area contributed by atoms with E-state index in [1.165, 1.54) is 0 Å². The number of carbonyl (C=O) groups excluding carboxylic acids is 3. The number of nitrogens with zero attached hydrogens (tertiary/aromatic N) is 1. The van der Waals surface area contributed by atoms with E-state index in [-0.39, 0.29) is 25.9 Å². The van der Waals surface area contributed by atoms with Crippen LogP contribution in [0.15, 0.2) is 0 Å². The molecule has 1 aliphatic heterocycles. The third-order valence-corrected chi connectivity index (χ3v) is 3.20. The first-order valence-corrected chi connectivity index (χ1v) is 8.51. The fourth-order valence-electron chi connectivity index (χ4n) is 1.86. The molecule has 0 atom stereocenters. The van der Waals surface area contributed by atoms with Crippen molar-refractivity contribution in [3.05, 3.63) is 0 Å². The SMILES string of the molecule is COCCOCCOCCOCCOCCC(=O)ON1C(=O)CCC1=O. The Kier molecular flexibility index (Phi) is 12.6. The third kappa shape index (κ3) is 10.4. The molecule has 0 saturated carbocycles. The molecule has 0 spiro atoms. The van der Waals surface area contributed by atoms with E-state index in [2.05, 4.69) is 0 Å². The van der Waals surface area contributed by atoms with Crippen molar-refractivity contribution in [3.63, 3.8) is 0 Å². The van der Waals surface area contributed by atoms with Gasteiger partial charge in [-0.15, -0.1) is 5.06 Å². The Morgan fingerprint density at radius 3 is 1.65 bits per heavy atom. The van der Waals surface area contributed by atoms with Gasteiger partial charge in [0.15, 0.2) is 0 Å². The molecule has 26 heavy (non-hydrogen) atoms. The number of hydrogen-bond acceptors (Lipinski definition) is 9. The highest BCUT2D eigenvalue weighted by molar-refractivity contribution is 6.01. The number of ether oxygens (including phenoxy) is 5. The van der Waals surface area contributed by atoms with E-state index >= 15 is 0 Å². The molecule has 150 valence electrons. The first-order valence-electron chi connectivity index (χ1n) is 8.51. The minimum atomic E-state index is -0.685. The van der Waals surface area contributed by atoms with E-state index in [1.807, 2.05) is 0 Å². The van der Waals surface area contributed by atoms with E-state index in [0.29, 0.717) is 57.9 Å². The number of amides is 2. The van der Waals surface area contributed by atoms with Gasteiger partial charge in [-0.25, -0.2) is 4.79 Å². The molecule has 0 aromatic heterocycles. The minimum absolute atomic E-state index is 0.0523. The van der Waals surface area contributed by atoms with Crippen molar-refractivity contribution >= 4 is 17.8 Å². The van der Waals surface area contributed by atoms with E-state index in [0.717, 1.165) is 0 Å². The molecule has 0 bridgehead atoms. The molecule has 0 aromatic carbocycles. The molecule has 10 nitrogen and oxygen atoms in total. The number of rotatable bonds is 16. The molecule has 0 N–H and O–H groups in total. The van der Waals surface area contributed by atoms with Crippen LogP contribution in [0.4, 0.5) is 0 Å². The fraction of sp³-hybridized carbons (Fsp3) is 0.812. The molecule has 1 rings (SSSR count). The Bertz CT molecular complexity index is 414. The maximum Gasteiger partial charge on any atom is 0.335 e. The Labute approximate surface area is 152 Å². The Morgan fingerprint density at radius 1 is 0.769 bits per heavy atom. The number of imide groups is 1. The summed E-state index contributed by atoms with van der Waals surface area (Å²) in [4.78, 5) is 38.8. The molecule has 1 heterocycles. The maximum atomic E-state index is 11.5. The lowest BCUT2D eigenvalue weighted by Gasteiger charge is -2.12. The second-order valence-electron chi connectivity index (χ2n) is 5.24. The summed E-state index contributed by atoms with van der Waals surface area (Å²) < 4.78 is 25.9. The molecule has 1 fully saturated rings. The van der Waals surface area contributed by atoms with Crippen molar-refractivity contribution < 1.29 is 42.9 Å². The monoisotopic (exact) mass is 377 g/mol. The van der Waals surface area contributed by atoms with Crippen LogP contribution >= 0.6 is 0 Å². The number of methoxy groups -OCH3 is 1. The summed E-state index contributed by atoms with van der Waals surface area (Å²) in [6.07, 6.45) is 0.0955. The minimum Gasteiger partial charge on any atom is -0.382 e. The van der Waals surface area contributed by atoms with E-state index < -0.39 is 17.8 Å². The van der Waals surface area contributed by atoms with Crippen LogP contribution in [0.25, 0.3) is 0 Å². The lowest BCUT2D eigenvalue weighted by molar-refractivity contribution is -0.198. The second-order valence-corrected chi connectivity index (χ2v) is 5.24. The third-order valence-electron chi connectivity index (χ3n) is 3.20. The highest BCUT2D eigenvalue weighted by Crippen LogP contribution is 2.12. The summed E-state index contributed by atoms with van der Waals surface area (Å²) in [6, 6.07) is 0. The van der Waals surface area contributed by atoms with Gasteiger partial charge in [-0.05, 0) is 0 Å². The van der Waals surface area contributed by atoms with Crippen molar-refractivity contribution in [2.75, 3.05) is 66.6 Å². The van der Waals surface area contributed by atoms with Crippen LogP contribution in [0.5, 0.6) is 0 Å². The van der Waals surface area contributed by atoms with Crippen molar-refractivity contribution in [1.82, 2.24) is 5.06 Å². The standard InChI is InChI=1S/C16H27NO9/c1-21-6-7-23-10-11-25-13-12-24-9-8-22-5-4-16(20)26-17-14(18)2-3-15(17)19/h2-13H2,1H3. The summed E-state index contributed by atoms with van der Waals surface area (Å²) in [7, 11) is 1.62. The van der Waals surface area contributed by atoms with Gasteiger partial charge in [0.1, 0.15) is 0 Å². The van der Waals surface area contributed by atoms with Gasteiger partial charge >= 0.3 is 5.97 Å². The largest absolute Gasteiger partial charge is 0.382 e. The van der Waals surface area contributed by atoms with Crippen LogP contribution < -0.4 is 0 Å². The van der Waals surface area contributed by atoms with E-state index in [1.54, 1.807) is 7.11 Å².